The van der Waals surface area contributed by atoms with E-state index in [1.165, 1.54) is 23.6 Å². The molecule has 2 fully saturated rings. The summed E-state index contributed by atoms with van der Waals surface area (Å²) in [5.41, 5.74) is 0.837. The van der Waals surface area contributed by atoms with Gasteiger partial charge in [0.1, 0.15) is 6.54 Å². The van der Waals surface area contributed by atoms with Crippen molar-refractivity contribution in [2.45, 2.75) is 82.8 Å². The van der Waals surface area contributed by atoms with Gasteiger partial charge < -0.3 is 9.64 Å². The van der Waals surface area contributed by atoms with Crippen molar-refractivity contribution in [3.63, 3.8) is 0 Å². The summed E-state index contributed by atoms with van der Waals surface area (Å²) in [6, 6.07) is 7.67. The second-order valence-corrected chi connectivity index (χ2v) is 8.72. The van der Waals surface area contributed by atoms with Crippen LogP contribution in [-0.2, 0) is 20.9 Å². The Morgan fingerprint density at radius 2 is 1.58 bits per heavy atom. The molecule has 31 heavy (non-hydrogen) atoms. The molecule has 1 aromatic carbocycles. The summed E-state index contributed by atoms with van der Waals surface area (Å²) < 4.78 is 6.71. The number of aromatic nitrogens is 2. The Bertz CT molecular complexity index is 956. The van der Waals surface area contributed by atoms with Crippen LogP contribution in [-0.4, -0.2) is 45.0 Å². The first-order valence-corrected chi connectivity index (χ1v) is 11.5. The van der Waals surface area contributed by atoms with E-state index in [2.05, 4.69) is 4.98 Å². The van der Waals surface area contributed by atoms with E-state index in [4.69, 9.17) is 4.74 Å². The van der Waals surface area contributed by atoms with Crippen molar-refractivity contribution in [1.82, 2.24) is 14.5 Å². The van der Waals surface area contributed by atoms with Gasteiger partial charge in [-0.15, -0.1) is 0 Å². The average Bonchev–Trinajstić information content (AvgIpc) is 2.81. The van der Waals surface area contributed by atoms with E-state index in [1.54, 1.807) is 18.2 Å². The number of rotatable bonds is 6. The molecule has 0 aliphatic heterocycles. The van der Waals surface area contributed by atoms with Crippen LogP contribution in [0.4, 0.5) is 0 Å². The number of nitrogens with zero attached hydrogens (tertiary/aromatic N) is 3. The van der Waals surface area contributed by atoms with E-state index in [1.807, 2.05) is 11.0 Å². The van der Waals surface area contributed by atoms with Gasteiger partial charge in [-0.3, -0.25) is 19.0 Å². The standard InChI is InChI=1S/C24H31N3O4/c28-22-15-25-20-13-7-8-14-21(20)26(22)16-24(30)31-17-23(29)27(18-9-3-1-4-10-18)19-11-5-2-6-12-19/h7-8,13-15,18-19H,1-6,9-12,16-17H2. The van der Waals surface area contributed by atoms with Gasteiger partial charge in [-0.05, 0) is 37.8 Å². The fourth-order valence-electron chi connectivity index (χ4n) is 5.09. The molecule has 7 heteroatoms. The summed E-state index contributed by atoms with van der Waals surface area (Å²) in [4.78, 5) is 44.1. The molecule has 7 nitrogen and oxygen atoms in total. The molecule has 2 aliphatic carbocycles. The Balaban J connectivity index is 1.42. The average molecular weight is 426 g/mol. The van der Waals surface area contributed by atoms with Crippen molar-refractivity contribution in [2.24, 2.45) is 0 Å². The maximum Gasteiger partial charge on any atom is 0.326 e. The molecule has 0 saturated heterocycles. The Labute approximate surface area is 182 Å². The van der Waals surface area contributed by atoms with Crippen LogP contribution in [0.1, 0.15) is 64.2 Å². The molecule has 0 bridgehead atoms. The first-order chi connectivity index (χ1) is 15.1. The zero-order valence-electron chi connectivity index (χ0n) is 18.0. The molecule has 166 valence electrons. The SMILES string of the molecule is O=C(Cn1c(=O)cnc2ccccc21)OCC(=O)N(C1CCCCC1)C1CCCCC1. The van der Waals surface area contributed by atoms with Gasteiger partial charge >= 0.3 is 5.97 Å². The van der Waals surface area contributed by atoms with E-state index in [0.717, 1.165) is 51.4 Å². The Morgan fingerprint density at radius 1 is 0.968 bits per heavy atom. The Morgan fingerprint density at radius 3 is 2.23 bits per heavy atom. The lowest BCUT2D eigenvalue weighted by Crippen LogP contribution is -2.50. The maximum atomic E-state index is 13.1. The summed E-state index contributed by atoms with van der Waals surface area (Å²) >= 11 is 0. The first-order valence-electron chi connectivity index (χ1n) is 11.5. The number of hydrogen-bond donors (Lipinski definition) is 0. The minimum Gasteiger partial charge on any atom is -0.454 e. The smallest absolute Gasteiger partial charge is 0.326 e. The number of benzene rings is 1. The highest BCUT2D eigenvalue weighted by atomic mass is 16.5. The van der Waals surface area contributed by atoms with Crippen LogP contribution < -0.4 is 5.56 Å². The van der Waals surface area contributed by atoms with E-state index < -0.39 is 5.97 Å². The molecular weight excluding hydrogens is 394 g/mol. The molecular formula is C24H31N3O4. The van der Waals surface area contributed by atoms with Crippen molar-refractivity contribution in [2.75, 3.05) is 6.61 Å². The number of esters is 1. The topological polar surface area (TPSA) is 81.5 Å². The first kappa shape index (κ1) is 21.5. The maximum absolute atomic E-state index is 13.1. The minimum absolute atomic E-state index is 0.0981. The number of carbonyl (C=O) groups is 2. The molecule has 0 atom stereocenters. The number of hydrogen-bond acceptors (Lipinski definition) is 5. The zero-order chi connectivity index (χ0) is 21.6. The third-order valence-corrected chi connectivity index (χ3v) is 6.62. The van der Waals surface area contributed by atoms with E-state index >= 15 is 0 Å². The van der Waals surface area contributed by atoms with E-state index in [0.29, 0.717) is 11.0 Å². The molecule has 2 saturated carbocycles. The van der Waals surface area contributed by atoms with Gasteiger partial charge in [0.25, 0.3) is 11.5 Å². The largest absolute Gasteiger partial charge is 0.454 e. The quantitative estimate of drug-likeness (QED) is 0.663. The molecule has 1 heterocycles. The normalized spacial score (nSPS) is 18.1. The van der Waals surface area contributed by atoms with Gasteiger partial charge in [-0.2, -0.15) is 0 Å². The molecule has 1 aromatic heterocycles. The second kappa shape index (κ2) is 10.1. The molecule has 0 N–H and O–H groups in total. The summed E-state index contributed by atoms with van der Waals surface area (Å²) in [5.74, 6) is -0.682. The lowest BCUT2D eigenvalue weighted by Gasteiger charge is -2.41. The van der Waals surface area contributed by atoms with Gasteiger partial charge in [-0.1, -0.05) is 50.7 Å². The third kappa shape index (κ3) is 5.14. The van der Waals surface area contributed by atoms with E-state index in [9.17, 15) is 14.4 Å². The fourth-order valence-corrected chi connectivity index (χ4v) is 5.09. The van der Waals surface area contributed by atoms with Crippen molar-refractivity contribution in [3.05, 3.63) is 40.8 Å². The lowest BCUT2D eigenvalue weighted by atomic mass is 9.88. The monoisotopic (exact) mass is 425 g/mol. The Hall–Kier alpha value is -2.70. The zero-order valence-corrected chi connectivity index (χ0v) is 18.0. The van der Waals surface area contributed by atoms with Crippen molar-refractivity contribution in [1.29, 1.82) is 0 Å². The summed E-state index contributed by atoms with van der Waals surface area (Å²) in [6.07, 6.45) is 12.4. The van der Waals surface area contributed by atoms with Crippen LogP contribution in [0.5, 0.6) is 0 Å². The number of ether oxygens (including phenoxy) is 1. The van der Waals surface area contributed by atoms with Crippen LogP contribution in [0, 0.1) is 0 Å². The molecule has 0 spiro atoms. The van der Waals surface area contributed by atoms with Crippen LogP contribution in [0.25, 0.3) is 11.0 Å². The number of amides is 1. The van der Waals surface area contributed by atoms with Gasteiger partial charge in [0, 0.05) is 12.1 Å². The summed E-state index contributed by atoms with van der Waals surface area (Å²) in [7, 11) is 0. The van der Waals surface area contributed by atoms with E-state index in [-0.39, 0.29) is 36.7 Å². The molecule has 0 radical (unpaired) electrons. The van der Waals surface area contributed by atoms with Crippen molar-refractivity contribution < 1.29 is 14.3 Å². The highest BCUT2D eigenvalue weighted by Gasteiger charge is 2.32. The summed E-state index contributed by atoms with van der Waals surface area (Å²) in [5, 5.41) is 0. The highest BCUT2D eigenvalue weighted by Crippen LogP contribution is 2.30. The summed E-state index contributed by atoms with van der Waals surface area (Å²) in [6.45, 7) is -0.494. The molecule has 4 rings (SSSR count). The van der Waals surface area contributed by atoms with Crippen LogP contribution in [0.2, 0.25) is 0 Å². The molecule has 0 unspecified atom stereocenters. The third-order valence-electron chi connectivity index (χ3n) is 6.62. The molecule has 2 aromatic rings. The number of carbonyl (C=O) groups excluding carboxylic acids is 2. The highest BCUT2D eigenvalue weighted by molar-refractivity contribution is 5.82. The predicted octanol–water partition coefficient (Wildman–Crippen LogP) is 3.43. The minimum atomic E-state index is -0.584. The number of para-hydroxylation sites is 2. The molecule has 1 amide bonds. The van der Waals surface area contributed by atoms with Crippen LogP contribution >= 0.6 is 0 Å². The van der Waals surface area contributed by atoms with Gasteiger partial charge in [0.15, 0.2) is 6.61 Å². The van der Waals surface area contributed by atoms with Crippen molar-refractivity contribution >= 4 is 22.9 Å². The Kier molecular flexibility index (Phi) is 6.99. The van der Waals surface area contributed by atoms with Crippen LogP contribution in [0.3, 0.4) is 0 Å². The lowest BCUT2D eigenvalue weighted by molar-refractivity contribution is -0.155. The van der Waals surface area contributed by atoms with Gasteiger partial charge in [-0.25, -0.2) is 4.98 Å². The predicted molar refractivity (Wildman–Crippen MR) is 118 cm³/mol. The van der Waals surface area contributed by atoms with Crippen molar-refractivity contribution in [3.8, 4) is 0 Å². The molecule has 2 aliphatic rings. The van der Waals surface area contributed by atoms with Crippen LogP contribution in [0.15, 0.2) is 35.3 Å². The van der Waals surface area contributed by atoms with Gasteiger partial charge in [0.2, 0.25) is 0 Å². The fraction of sp³-hybridized carbons (Fsp3) is 0.583. The second-order valence-electron chi connectivity index (χ2n) is 8.72. The van der Waals surface area contributed by atoms with Gasteiger partial charge in [0.05, 0.1) is 17.2 Å². The number of fused-ring (bicyclic) bond motifs is 1.